The van der Waals surface area contributed by atoms with E-state index in [2.05, 4.69) is 5.32 Å². The molecule has 0 spiro atoms. The Morgan fingerprint density at radius 1 is 1.29 bits per heavy atom. The van der Waals surface area contributed by atoms with Crippen LogP contribution in [0.2, 0.25) is 0 Å². The molecule has 1 aliphatic rings. The van der Waals surface area contributed by atoms with Gasteiger partial charge in [0, 0.05) is 26.7 Å². The van der Waals surface area contributed by atoms with Crippen LogP contribution in [0.25, 0.3) is 0 Å². The second kappa shape index (κ2) is 9.03. The van der Waals surface area contributed by atoms with Crippen molar-refractivity contribution in [2.45, 2.75) is 36.7 Å². The van der Waals surface area contributed by atoms with Gasteiger partial charge >= 0.3 is 6.03 Å². The predicted molar refractivity (Wildman–Crippen MR) is 92.7 cm³/mol. The summed E-state index contributed by atoms with van der Waals surface area (Å²) in [5, 5.41) is 2.76. The third-order valence-electron chi connectivity index (χ3n) is 4.07. The van der Waals surface area contributed by atoms with Gasteiger partial charge in [-0.25, -0.2) is 13.2 Å². The summed E-state index contributed by atoms with van der Waals surface area (Å²) >= 11 is 0. The molecule has 0 bridgehead atoms. The number of nitrogens with one attached hydrogen (secondary N) is 1. The van der Waals surface area contributed by atoms with Gasteiger partial charge in [-0.15, -0.1) is 0 Å². The van der Waals surface area contributed by atoms with Crippen LogP contribution >= 0.6 is 0 Å². The minimum atomic E-state index is -3.29. The van der Waals surface area contributed by atoms with Gasteiger partial charge in [-0.2, -0.15) is 0 Å². The Hall–Kier alpha value is -1.60. The van der Waals surface area contributed by atoms with Gasteiger partial charge in [-0.05, 0) is 37.8 Å². The zero-order chi connectivity index (χ0) is 17.4. The van der Waals surface area contributed by atoms with E-state index in [4.69, 9.17) is 4.74 Å². The molecule has 1 aliphatic heterocycles. The highest BCUT2D eigenvalue weighted by atomic mass is 32.2. The number of ether oxygens (including phenoxy) is 1. The monoisotopic (exact) mass is 354 g/mol. The highest BCUT2D eigenvalue weighted by molar-refractivity contribution is 7.91. The topological polar surface area (TPSA) is 75.7 Å². The highest BCUT2D eigenvalue weighted by Crippen LogP contribution is 2.13. The molecule has 24 heavy (non-hydrogen) atoms. The molecule has 1 aromatic rings. The quantitative estimate of drug-likeness (QED) is 0.761. The van der Waals surface area contributed by atoms with Crippen LogP contribution in [0.1, 0.15) is 25.7 Å². The molecule has 0 aromatic heterocycles. The Morgan fingerprint density at radius 3 is 2.71 bits per heavy atom. The molecule has 1 aromatic carbocycles. The summed E-state index contributed by atoms with van der Waals surface area (Å²) in [6.45, 7) is 1.66. The van der Waals surface area contributed by atoms with Gasteiger partial charge in [0.1, 0.15) is 0 Å². The van der Waals surface area contributed by atoms with E-state index >= 15 is 0 Å². The maximum Gasteiger partial charge on any atom is 0.317 e. The van der Waals surface area contributed by atoms with Gasteiger partial charge < -0.3 is 15.0 Å². The van der Waals surface area contributed by atoms with Crippen molar-refractivity contribution in [3.05, 3.63) is 30.3 Å². The van der Waals surface area contributed by atoms with Crippen LogP contribution in [-0.4, -0.2) is 57.9 Å². The zero-order valence-electron chi connectivity index (χ0n) is 14.1. The predicted octanol–water partition coefficient (Wildman–Crippen LogP) is 2.06. The number of carbonyl (C=O) groups is 1. The summed E-state index contributed by atoms with van der Waals surface area (Å²) < 4.78 is 29.9. The Labute approximate surface area is 144 Å². The van der Waals surface area contributed by atoms with Gasteiger partial charge in [-0.3, -0.25) is 0 Å². The highest BCUT2D eigenvalue weighted by Gasteiger charge is 2.19. The van der Waals surface area contributed by atoms with E-state index in [0.717, 1.165) is 25.9 Å². The molecule has 1 atom stereocenters. The smallest absolute Gasteiger partial charge is 0.317 e. The van der Waals surface area contributed by atoms with Crippen molar-refractivity contribution in [1.82, 2.24) is 10.2 Å². The molecule has 134 valence electrons. The molecule has 2 amide bonds. The van der Waals surface area contributed by atoms with Crippen LogP contribution in [0.5, 0.6) is 0 Å². The van der Waals surface area contributed by atoms with E-state index in [1.165, 1.54) is 0 Å². The molecule has 0 saturated carbocycles. The largest absolute Gasteiger partial charge is 0.376 e. The normalized spacial score (nSPS) is 18.1. The van der Waals surface area contributed by atoms with Gasteiger partial charge in [0.2, 0.25) is 0 Å². The van der Waals surface area contributed by atoms with Crippen LogP contribution in [0.15, 0.2) is 35.2 Å². The van der Waals surface area contributed by atoms with Crippen molar-refractivity contribution >= 4 is 15.9 Å². The fraction of sp³-hybridized carbons (Fsp3) is 0.588. The maximum atomic E-state index is 12.1. The fourth-order valence-electron chi connectivity index (χ4n) is 2.68. The number of sulfone groups is 1. The molecule has 1 N–H and O–H groups in total. The van der Waals surface area contributed by atoms with E-state index in [1.807, 2.05) is 0 Å². The fourth-order valence-corrected chi connectivity index (χ4v) is 4.01. The minimum Gasteiger partial charge on any atom is -0.376 e. The SMILES string of the molecule is CN(CC1CCCCO1)C(=O)NCCCS(=O)(=O)c1ccccc1. The number of benzene rings is 1. The van der Waals surface area contributed by atoms with Gasteiger partial charge in [0.05, 0.1) is 16.8 Å². The summed E-state index contributed by atoms with van der Waals surface area (Å²) in [5.74, 6) is 0.0206. The Balaban J connectivity index is 1.68. The van der Waals surface area contributed by atoms with Crippen molar-refractivity contribution in [3.8, 4) is 0 Å². The Bertz CT molecular complexity index is 613. The lowest BCUT2D eigenvalue weighted by Crippen LogP contribution is -2.43. The van der Waals surface area contributed by atoms with Gasteiger partial charge in [-0.1, -0.05) is 18.2 Å². The number of carbonyl (C=O) groups excluding carboxylic acids is 1. The minimum absolute atomic E-state index is 0.0206. The first-order valence-corrected chi connectivity index (χ1v) is 10.0. The molecule has 0 radical (unpaired) electrons. The summed E-state index contributed by atoms with van der Waals surface area (Å²) in [7, 11) is -1.56. The molecule has 0 aliphatic carbocycles. The van der Waals surface area contributed by atoms with Crippen LogP contribution in [-0.2, 0) is 14.6 Å². The Kier molecular flexibility index (Phi) is 7.05. The summed E-state index contributed by atoms with van der Waals surface area (Å²) in [5.41, 5.74) is 0. The third-order valence-corrected chi connectivity index (χ3v) is 5.88. The lowest BCUT2D eigenvalue weighted by Gasteiger charge is -2.27. The van der Waals surface area contributed by atoms with Gasteiger partial charge in [0.15, 0.2) is 9.84 Å². The van der Waals surface area contributed by atoms with E-state index in [9.17, 15) is 13.2 Å². The summed E-state index contributed by atoms with van der Waals surface area (Å²) in [6.07, 6.45) is 3.69. The number of amides is 2. The van der Waals surface area contributed by atoms with Crippen LogP contribution in [0.3, 0.4) is 0 Å². The number of rotatable bonds is 7. The molecule has 6 nitrogen and oxygen atoms in total. The van der Waals surface area contributed by atoms with Crippen LogP contribution in [0, 0.1) is 0 Å². The zero-order valence-corrected chi connectivity index (χ0v) is 14.9. The van der Waals surface area contributed by atoms with Crippen molar-refractivity contribution < 1.29 is 17.9 Å². The van der Waals surface area contributed by atoms with Gasteiger partial charge in [0.25, 0.3) is 0 Å². The first kappa shape index (κ1) is 18.7. The number of hydrogen-bond acceptors (Lipinski definition) is 4. The van der Waals surface area contributed by atoms with Crippen molar-refractivity contribution in [2.75, 3.05) is 32.5 Å². The number of likely N-dealkylation sites (N-methyl/N-ethyl adjacent to an activating group) is 1. The molecule has 2 rings (SSSR count). The van der Waals surface area contributed by atoms with Crippen molar-refractivity contribution in [3.63, 3.8) is 0 Å². The van der Waals surface area contributed by atoms with Crippen LogP contribution in [0.4, 0.5) is 4.79 Å². The van der Waals surface area contributed by atoms with Crippen LogP contribution < -0.4 is 5.32 Å². The van der Waals surface area contributed by atoms with Crippen molar-refractivity contribution in [2.24, 2.45) is 0 Å². The first-order chi connectivity index (χ1) is 11.5. The molecule has 7 heteroatoms. The van der Waals surface area contributed by atoms with E-state index in [0.29, 0.717) is 24.4 Å². The van der Waals surface area contributed by atoms with E-state index in [-0.39, 0.29) is 17.9 Å². The molecular formula is C17H26N2O4S. The number of hydrogen-bond donors (Lipinski definition) is 1. The van der Waals surface area contributed by atoms with E-state index in [1.54, 1.807) is 42.3 Å². The third kappa shape index (κ3) is 5.79. The maximum absolute atomic E-state index is 12.1. The summed E-state index contributed by atoms with van der Waals surface area (Å²) in [4.78, 5) is 13.9. The van der Waals surface area contributed by atoms with E-state index < -0.39 is 9.84 Å². The Morgan fingerprint density at radius 2 is 2.04 bits per heavy atom. The molecule has 1 fully saturated rings. The number of nitrogens with zero attached hydrogens (tertiary/aromatic N) is 1. The lowest BCUT2D eigenvalue weighted by molar-refractivity contribution is 0.00388. The average Bonchev–Trinajstić information content (AvgIpc) is 2.60. The average molecular weight is 354 g/mol. The first-order valence-electron chi connectivity index (χ1n) is 8.37. The number of urea groups is 1. The lowest BCUT2D eigenvalue weighted by atomic mass is 10.1. The second-order valence-electron chi connectivity index (χ2n) is 6.09. The second-order valence-corrected chi connectivity index (χ2v) is 8.20. The summed E-state index contributed by atoms with van der Waals surface area (Å²) in [6, 6.07) is 8.18. The molecule has 1 saturated heterocycles. The van der Waals surface area contributed by atoms with Crippen molar-refractivity contribution in [1.29, 1.82) is 0 Å². The standard InChI is InChI=1S/C17H26N2O4S/c1-19(14-15-8-5-6-12-23-15)17(20)18-11-7-13-24(21,22)16-9-3-2-4-10-16/h2-4,9-10,15H,5-8,11-14H2,1H3,(H,18,20). The molecule has 1 unspecified atom stereocenters. The molecular weight excluding hydrogens is 328 g/mol. The molecule has 1 heterocycles.